The first-order valence-electron chi connectivity index (χ1n) is 9.00. The van der Waals surface area contributed by atoms with Gasteiger partial charge < -0.3 is 9.64 Å². The lowest BCUT2D eigenvalue weighted by molar-refractivity contribution is -0.162. The van der Waals surface area contributed by atoms with Crippen molar-refractivity contribution in [2.45, 2.75) is 38.9 Å². The maximum Gasteiger partial charge on any atom is 0.321 e. The Hall–Kier alpha value is -1.62. The van der Waals surface area contributed by atoms with E-state index in [1.165, 1.54) is 17.2 Å². The van der Waals surface area contributed by atoms with Crippen molar-refractivity contribution >= 4 is 25.1 Å². The lowest BCUT2D eigenvalue weighted by Gasteiger charge is -2.30. The number of amides is 1. The van der Waals surface area contributed by atoms with Crippen LogP contribution in [0.15, 0.2) is 30.3 Å². The largest absolute Gasteiger partial charge is 0.468 e. The predicted molar refractivity (Wildman–Crippen MR) is 103 cm³/mol. The van der Waals surface area contributed by atoms with E-state index in [1.54, 1.807) is 14.1 Å². The molecule has 1 aliphatic carbocycles. The average molecular weight is 362 g/mol. The summed E-state index contributed by atoms with van der Waals surface area (Å²) in [5.74, 6) is 0.205. The standard InChI is InChI=1S/C20H31NO3Si/c1-15-12-20(19(23)24-4,18(22)21(2)3)13-16(15)14-25(5,6)17-10-8-7-9-11-17/h7-11,15-16H,12-14H2,1-6H3/t15-,16+,20+/m1/s1. The summed E-state index contributed by atoms with van der Waals surface area (Å²) in [6.07, 6.45) is 1.18. The minimum Gasteiger partial charge on any atom is -0.468 e. The van der Waals surface area contributed by atoms with E-state index >= 15 is 0 Å². The molecule has 0 radical (unpaired) electrons. The molecular formula is C20H31NO3Si. The van der Waals surface area contributed by atoms with Crippen LogP contribution in [0, 0.1) is 17.3 Å². The van der Waals surface area contributed by atoms with Gasteiger partial charge in [-0.15, -0.1) is 0 Å². The summed E-state index contributed by atoms with van der Waals surface area (Å²) in [4.78, 5) is 26.9. The van der Waals surface area contributed by atoms with Gasteiger partial charge in [0.2, 0.25) is 5.91 Å². The monoisotopic (exact) mass is 361 g/mol. The molecule has 0 saturated heterocycles. The van der Waals surface area contributed by atoms with Gasteiger partial charge in [-0.05, 0) is 24.7 Å². The quantitative estimate of drug-likeness (QED) is 0.460. The highest BCUT2D eigenvalue weighted by molar-refractivity contribution is 6.89. The van der Waals surface area contributed by atoms with Crippen LogP contribution in [0.3, 0.4) is 0 Å². The minimum atomic E-state index is -1.63. The number of hydrogen-bond donors (Lipinski definition) is 0. The third-order valence-corrected chi connectivity index (χ3v) is 9.25. The Morgan fingerprint density at radius 3 is 2.32 bits per heavy atom. The van der Waals surface area contributed by atoms with E-state index < -0.39 is 13.5 Å². The van der Waals surface area contributed by atoms with Crippen molar-refractivity contribution in [1.82, 2.24) is 4.90 Å². The van der Waals surface area contributed by atoms with Gasteiger partial charge in [-0.1, -0.05) is 61.6 Å². The molecule has 1 aliphatic rings. The normalized spacial score (nSPS) is 26.3. The van der Waals surface area contributed by atoms with Crippen molar-refractivity contribution in [2.24, 2.45) is 17.3 Å². The maximum absolute atomic E-state index is 12.8. The zero-order valence-corrected chi connectivity index (χ0v) is 17.3. The summed E-state index contributed by atoms with van der Waals surface area (Å²) in [6, 6.07) is 11.7. The number of ether oxygens (including phenoxy) is 1. The lowest BCUT2D eigenvalue weighted by atomic mass is 9.83. The van der Waals surface area contributed by atoms with Gasteiger partial charge in [0.25, 0.3) is 0 Å². The van der Waals surface area contributed by atoms with E-state index in [-0.39, 0.29) is 11.9 Å². The van der Waals surface area contributed by atoms with Gasteiger partial charge in [0.05, 0.1) is 15.2 Å². The molecule has 0 heterocycles. The molecule has 0 bridgehead atoms. The van der Waals surface area contributed by atoms with Gasteiger partial charge in [-0.2, -0.15) is 0 Å². The Morgan fingerprint density at radius 1 is 1.20 bits per heavy atom. The Bertz CT molecular complexity index is 629. The predicted octanol–water partition coefficient (Wildman–Crippen LogP) is 2.90. The summed E-state index contributed by atoms with van der Waals surface area (Å²) >= 11 is 0. The molecule has 0 aromatic heterocycles. The highest BCUT2D eigenvalue weighted by Gasteiger charge is 2.56. The van der Waals surface area contributed by atoms with Gasteiger partial charge in [0.15, 0.2) is 0 Å². The van der Waals surface area contributed by atoms with E-state index in [4.69, 9.17) is 4.74 Å². The smallest absolute Gasteiger partial charge is 0.321 e. The molecule has 5 heteroatoms. The number of rotatable bonds is 5. The first kappa shape index (κ1) is 19.7. The molecule has 3 atom stereocenters. The first-order valence-corrected chi connectivity index (χ1v) is 12.2. The molecule has 1 aromatic rings. The molecule has 1 saturated carbocycles. The summed E-state index contributed by atoms with van der Waals surface area (Å²) in [7, 11) is 3.18. The van der Waals surface area contributed by atoms with Crippen molar-refractivity contribution in [3.8, 4) is 0 Å². The summed E-state index contributed by atoms with van der Waals surface area (Å²) in [6.45, 7) is 6.93. The summed E-state index contributed by atoms with van der Waals surface area (Å²) < 4.78 is 5.05. The fraction of sp³-hybridized carbons (Fsp3) is 0.600. The number of hydrogen-bond acceptors (Lipinski definition) is 3. The fourth-order valence-corrected chi connectivity index (χ4v) is 7.62. The molecule has 25 heavy (non-hydrogen) atoms. The number of esters is 1. The number of nitrogens with zero attached hydrogens (tertiary/aromatic N) is 1. The average Bonchev–Trinajstić information content (AvgIpc) is 2.91. The molecule has 0 aliphatic heterocycles. The van der Waals surface area contributed by atoms with Gasteiger partial charge in [0.1, 0.15) is 5.41 Å². The zero-order chi connectivity index (χ0) is 18.8. The molecule has 0 N–H and O–H groups in total. The molecule has 138 valence electrons. The van der Waals surface area contributed by atoms with Crippen LogP contribution in [0.2, 0.25) is 19.1 Å². The van der Waals surface area contributed by atoms with E-state index in [0.29, 0.717) is 24.7 Å². The van der Waals surface area contributed by atoms with Crippen LogP contribution in [0.4, 0.5) is 0 Å². The van der Waals surface area contributed by atoms with Crippen molar-refractivity contribution in [2.75, 3.05) is 21.2 Å². The van der Waals surface area contributed by atoms with E-state index in [1.807, 2.05) is 6.07 Å². The van der Waals surface area contributed by atoms with E-state index in [0.717, 1.165) is 6.04 Å². The number of carbonyl (C=O) groups excluding carboxylic acids is 2. The Morgan fingerprint density at radius 2 is 1.80 bits per heavy atom. The highest BCUT2D eigenvalue weighted by atomic mass is 28.3. The Kier molecular flexibility index (Phi) is 5.77. The summed E-state index contributed by atoms with van der Waals surface area (Å²) in [5, 5.41) is 1.43. The zero-order valence-electron chi connectivity index (χ0n) is 16.3. The minimum absolute atomic E-state index is 0.118. The Balaban J connectivity index is 2.27. The van der Waals surface area contributed by atoms with Crippen LogP contribution >= 0.6 is 0 Å². The van der Waals surface area contributed by atoms with E-state index in [9.17, 15) is 9.59 Å². The number of carbonyl (C=O) groups is 2. The van der Waals surface area contributed by atoms with Gasteiger partial charge >= 0.3 is 5.97 Å². The molecule has 2 rings (SSSR count). The van der Waals surface area contributed by atoms with Crippen LogP contribution < -0.4 is 5.19 Å². The maximum atomic E-state index is 12.8. The molecule has 1 amide bonds. The second-order valence-corrected chi connectivity index (χ2v) is 13.1. The van der Waals surface area contributed by atoms with Crippen molar-refractivity contribution in [1.29, 1.82) is 0 Å². The van der Waals surface area contributed by atoms with Crippen molar-refractivity contribution in [3.63, 3.8) is 0 Å². The Labute approximate surface area is 152 Å². The van der Waals surface area contributed by atoms with E-state index in [2.05, 4.69) is 44.3 Å². The van der Waals surface area contributed by atoms with Crippen LogP contribution in [0.25, 0.3) is 0 Å². The third-order valence-electron chi connectivity index (χ3n) is 5.81. The molecule has 0 spiro atoms. The number of benzene rings is 1. The topological polar surface area (TPSA) is 46.6 Å². The third kappa shape index (κ3) is 3.81. The van der Waals surface area contributed by atoms with Gasteiger partial charge in [-0.3, -0.25) is 9.59 Å². The molecule has 1 aromatic carbocycles. The van der Waals surface area contributed by atoms with Gasteiger partial charge in [-0.25, -0.2) is 0 Å². The highest BCUT2D eigenvalue weighted by Crippen LogP contribution is 2.50. The fourth-order valence-electron chi connectivity index (χ4n) is 4.44. The van der Waals surface area contributed by atoms with Crippen LogP contribution in [-0.2, 0) is 14.3 Å². The van der Waals surface area contributed by atoms with Crippen LogP contribution in [0.1, 0.15) is 19.8 Å². The SMILES string of the molecule is COC(=O)[C@]1(C(=O)N(C)C)C[C@@H](C[Si](C)(C)c2ccccc2)[C@H](C)C1. The van der Waals surface area contributed by atoms with Crippen LogP contribution in [-0.4, -0.2) is 46.1 Å². The molecular weight excluding hydrogens is 330 g/mol. The molecule has 0 unspecified atom stereocenters. The number of methoxy groups -OCH3 is 1. The molecule has 4 nitrogen and oxygen atoms in total. The summed E-state index contributed by atoms with van der Waals surface area (Å²) in [5.41, 5.74) is -1.01. The lowest BCUT2D eigenvalue weighted by Crippen LogP contribution is -2.46. The van der Waals surface area contributed by atoms with Gasteiger partial charge in [0, 0.05) is 14.1 Å². The first-order chi connectivity index (χ1) is 11.6. The van der Waals surface area contributed by atoms with Crippen molar-refractivity contribution < 1.29 is 14.3 Å². The van der Waals surface area contributed by atoms with Crippen LogP contribution in [0.5, 0.6) is 0 Å². The second-order valence-electron chi connectivity index (χ2n) is 8.37. The van der Waals surface area contributed by atoms with Crippen molar-refractivity contribution in [3.05, 3.63) is 30.3 Å². The molecule has 1 fully saturated rings. The second kappa shape index (κ2) is 7.32.